The molecule has 4 heteroatoms. The van der Waals surface area contributed by atoms with E-state index in [0.717, 1.165) is 53.6 Å². The van der Waals surface area contributed by atoms with E-state index in [0.29, 0.717) is 0 Å². The van der Waals surface area contributed by atoms with Crippen LogP contribution in [0.1, 0.15) is 31.5 Å². The Morgan fingerprint density at radius 3 is 2.57 bits per heavy atom. The summed E-state index contributed by atoms with van der Waals surface area (Å²) in [5, 5.41) is 3.34. The van der Waals surface area contributed by atoms with E-state index in [4.69, 9.17) is 4.74 Å². The van der Waals surface area contributed by atoms with Gasteiger partial charge in [0.1, 0.15) is 11.6 Å². The van der Waals surface area contributed by atoms with Crippen LogP contribution in [0.5, 0.6) is 5.75 Å². The third kappa shape index (κ3) is 3.72. The van der Waals surface area contributed by atoms with Crippen LogP contribution in [0.15, 0.2) is 24.3 Å². The molecule has 0 saturated carbocycles. The second-order valence-electron chi connectivity index (χ2n) is 5.03. The first-order valence-electron chi connectivity index (χ1n) is 7.44. The first kappa shape index (κ1) is 15.3. The van der Waals surface area contributed by atoms with Gasteiger partial charge in [0.25, 0.3) is 0 Å². The lowest BCUT2D eigenvalue weighted by atomic mass is 10.1. The maximum atomic E-state index is 5.30. The predicted molar refractivity (Wildman–Crippen MR) is 86.9 cm³/mol. The number of hydrogen-bond donors (Lipinski definition) is 1. The molecule has 0 radical (unpaired) electrons. The number of aryl methyl sites for hydroxylation is 2. The summed E-state index contributed by atoms with van der Waals surface area (Å²) in [6, 6.07) is 8.06. The molecule has 1 aromatic heterocycles. The zero-order valence-electron chi connectivity index (χ0n) is 13.2. The molecule has 0 spiro atoms. The van der Waals surface area contributed by atoms with Crippen molar-refractivity contribution in [1.29, 1.82) is 0 Å². The molecular weight excluding hydrogens is 262 g/mol. The topological polar surface area (TPSA) is 47.0 Å². The van der Waals surface area contributed by atoms with Gasteiger partial charge in [-0.15, -0.1) is 0 Å². The zero-order chi connectivity index (χ0) is 15.2. The van der Waals surface area contributed by atoms with E-state index in [9.17, 15) is 0 Å². The Kier molecular flexibility index (Phi) is 5.14. The molecule has 0 aliphatic rings. The number of aromatic nitrogens is 2. The van der Waals surface area contributed by atoms with E-state index < -0.39 is 0 Å². The molecule has 21 heavy (non-hydrogen) atoms. The van der Waals surface area contributed by atoms with Gasteiger partial charge in [-0.25, -0.2) is 9.97 Å². The quantitative estimate of drug-likeness (QED) is 0.876. The van der Waals surface area contributed by atoms with E-state index in [1.54, 1.807) is 7.11 Å². The molecule has 4 nitrogen and oxygen atoms in total. The van der Waals surface area contributed by atoms with E-state index in [-0.39, 0.29) is 0 Å². The van der Waals surface area contributed by atoms with E-state index in [2.05, 4.69) is 35.2 Å². The second kappa shape index (κ2) is 7.07. The molecular formula is C17H23N3O. The van der Waals surface area contributed by atoms with Gasteiger partial charge in [0.05, 0.1) is 7.11 Å². The van der Waals surface area contributed by atoms with Gasteiger partial charge in [-0.3, -0.25) is 0 Å². The number of rotatable bonds is 6. The van der Waals surface area contributed by atoms with Crippen molar-refractivity contribution in [3.63, 3.8) is 0 Å². The van der Waals surface area contributed by atoms with Gasteiger partial charge in [-0.05, 0) is 43.5 Å². The fraction of sp³-hybridized carbons (Fsp3) is 0.412. The Morgan fingerprint density at radius 2 is 1.95 bits per heavy atom. The van der Waals surface area contributed by atoms with Crippen LogP contribution in [0.2, 0.25) is 0 Å². The van der Waals surface area contributed by atoms with Crippen molar-refractivity contribution in [1.82, 2.24) is 9.97 Å². The highest BCUT2D eigenvalue weighted by molar-refractivity contribution is 5.60. The second-order valence-corrected chi connectivity index (χ2v) is 5.03. The third-order valence-corrected chi connectivity index (χ3v) is 3.35. The van der Waals surface area contributed by atoms with Gasteiger partial charge < -0.3 is 10.1 Å². The van der Waals surface area contributed by atoms with E-state index in [1.165, 1.54) is 0 Å². The molecule has 112 valence electrons. The summed E-state index contributed by atoms with van der Waals surface area (Å²) >= 11 is 0. The number of nitrogens with zero attached hydrogens (tertiary/aromatic N) is 2. The molecule has 0 atom stereocenters. The standard InChI is InChI=1S/C17H23N3O/c1-5-9-18-16-11-14(6-2)19-17(20-16)13-7-8-15(21-4)12(3)10-13/h7-8,10-11H,5-6,9H2,1-4H3,(H,18,19,20). The number of anilines is 1. The number of ether oxygens (including phenoxy) is 1. The van der Waals surface area contributed by atoms with Gasteiger partial charge in [0.15, 0.2) is 5.82 Å². The minimum absolute atomic E-state index is 0.763. The number of hydrogen-bond acceptors (Lipinski definition) is 4. The molecule has 1 N–H and O–H groups in total. The molecule has 0 fully saturated rings. The number of methoxy groups -OCH3 is 1. The SMILES string of the molecule is CCCNc1cc(CC)nc(-c2ccc(OC)c(C)c2)n1. The monoisotopic (exact) mass is 285 g/mol. The summed E-state index contributed by atoms with van der Waals surface area (Å²) in [7, 11) is 1.68. The average Bonchev–Trinajstić information content (AvgIpc) is 2.52. The Balaban J connectivity index is 2.39. The van der Waals surface area contributed by atoms with Crippen LogP contribution in [0, 0.1) is 6.92 Å². The molecule has 0 aliphatic carbocycles. The van der Waals surface area contributed by atoms with Gasteiger partial charge >= 0.3 is 0 Å². The Labute approximate surface area is 126 Å². The molecule has 2 rings (SSSR count). The smallest absolute Gasteiger partial charge is 0.161 e. The van der Waals surface area contributed by atoms with Gasteiger partial charge in [-0.2, -0.15) is 0 Å². The highest BCUT2D eigenvalue weighted by Crippen LogP contribution is 2.25. The van der Waals surface area contributed by atoms with Gasteiger partial charge in [0, 0.05) is 23.9 Å². The molecule has 2 aromatic rings. The van der Waals surface area contributed by atoms with Crippen LogP contribution in [-0.4, -0.2) is 23.6 Å². The number of benzene rings is 1. The van der Waals surface area contributed by atoms with Crippen LogP contribution in [0.4, 0.5) is 5.82 Å². The molecule has 0 aliphatic heterocycles. The van der Waals surface area contributed by atoms with Gasteiger partial charge in [-0.1, -0.05) is 13.8 Å². The average molecular weight is 285 g/mol. The normalized spacial score (nSPS) is 10.5. The molecule has 1 aromatic carbocycles. The van der Waals surface area contributed by atoms with Crippen LogP contribution >= 0.6 is 0 Å². The van der Waals surface area contributed by atoms with Crippen molar-refractivity contribution >= 4 is 5.82 Å². The van der Waals surface area contributed by atoms with Gasteiger partial charge in [0.2, 0.25) is 0 Å². The van der Waals surface area contributed by atoms with Crippen LogP contribution in [-0.2, 0) is 6.42 Å². The van der Waals surface area contributed by atoms with Crippen LogP contribution in [0.25, 0.3) is 11.4 Å². The van der Waals surface area contributed by atoms with E-state index >= 15 is 0 Å². The lowest BCUT2D eigenvalue weighted by Crippen LogP contribution is -2.05. The summed E-state index contributed by atoms with van der Waals surface area (Å²) in [6.45, 7) is 7.20. The fourth-order valence-electron chi connectivity index (χ4n) is 2.17. The molecule has 0 saturated heterocycles. The van der Waals surface area contributed by atoms with Crippen molar-refractivity contribution in [3.05, 3.63) is 35.5 Å². The minimum Gasteiger partial charge on any atom is -0.496 e. The molecule has 0 unspecified atom stereocenters. The maximum Gasteiger partial charge on any atom is 0.161 e. The van der Waals surface area contributed by atoms with Crippen LogP contribution < -0.4 is 10.1 Å². The van der Waals surface area contributed by atoms with Crippen molar-refractivity contribution < 1.29 is 4.74 Å². The number of nitrogens with one attached hydrogen (secondary N) is 1. The summed E-state index contributed by atoms with van der Waals surface area (Å²) in [4.78, 5) is 9.26. The van der Waals surface area contributed by atoms with E-state index in [1.807, 2.05) is 25.1 Å². The minimum atomic E-state index is 0.763. The zero-order valence-corrected chi connectivity index (χ0v) is 13.2. The van der Waals surface area contributed by atoms with Crippen molar-refractivity contribution in [2.45, 2.75) is 33.6 Å². The summed E-state index contributed by atoms with van der Waals surface area (Å²) in [6.07, 6.45) is 1.97. The van der Waals surface area contributed by atoms with Crippen molar-refractivity contribution in [2.24, 2.45) is 0 Å². The fourth-order valence-corrected chi connectivity index (χ4v) is 2.17. The predicted octanol–water partition coefficient (Wildman–Crippen LogP) is 3.84. The lowest BCUT2D eigenvalue weighted by molar-refractivity contribution is 0.412. The highest BCUT2D eigenvalue weighted by atomic mass is 16.5. The van der Waals surface area contributed by atoms with Crippen molar-refractivity contribution in [2.75, 3.05) is 19.0 Å². The van der Waals surface area contributed by atoms with Crippen LogP contribution in [0.3, 0.4) is 0 Å². The molecule has 1 heterocycles. The Bertz CT molecular complexity index is 611. The maximum absolute atomic E-state index is 5.30. The summed E-state index contributed by atoms with van der Waals surface area (Å²) < 4.78 is 5.30. The molecule has 0 bridgehead atoms. The Morgan fingerprint density at radius 1 is 1.14 bits per heavy atom. The first-order valence-corrected chi connectivity index (χ1v) is 7.44. The summed E-state index contributed by atoms with van der Waals surface area (Å²) in [5.74, 6) is 2.54. The summed E-state index contributed by atoms with van der Waals surface area (Å²) in [5.41, 5.74) is 3.15. The third-order valence-electron chi connectivity index (χ3n) is 3.35. The highest BCUT2D eigenvalue weighted by Gasteiger charge is 2.08. The largest absolute Gasteiger partial charge is 0.496 e. The van der Waals surface area contributed by atoms with Crippen molar-refractivity contribution in [3.8, 4) is 17.1 Å². The molecule has 0 amide bonds. The first-order chi connectivity index (χ1) is 10.2. The lowest BCUT2D eigenvalue weighted by Gasteiger charge is -2.10. The Hall–Kier alpha value is -2.10.